The van der Waals surface area contributed by atoms with Crippen LogP contribution < -0.4 is 9.47 Å². The molecular formula is C18H16O2. The van der Waals surface area contributed by atoms with Crippen molar-refractivity contribution in [3.63, 3.8) is 0 Å². The van der Waals surface area contributed by atoms with Gasteiger partial charge in [0.1, 0.15) is 11.5 Å². The quantitative estimate of drug-likeness (QED) is 0.692. The van der Waals surface area contributed by atoms with E-state index < -0.39 is 0 Å². The van der Waals surface area contributed by atoms with E-state index >= 15 is 0 Å². The lowest BCUT2D eigenvalue weighted by Crippen LogP contribution is -1.86. The molecule has 0 unspecified atom stereocenters. The summed E-state index contributed by atoms with van der Waals surface area (Å²) in [6.45, 7) is 0. The molecule has 3 aromatic rings. The summed E-state index contributed by atoms with van der Waals surface area (Å²) < 4.78 is 10.5. The maximum atomic E-state index is 5.33. The summed E-state index contributed by atoms with van der Waals surface area (Å²) in [5, 5.41) is 2.40. The second kappa shape index (κ2) is 5.25. The van der Waals surface area contributed by atoms with Crippen LogP contribution in [-0.2, 0) is 0 Å². The highest BCUT2D eigenvalue weighted by Gasteiger charge is 2.05. The highest BCUT2D eigenvalue weighted by Crippen LogP contribution is 2.32. The lowest BCUT2D eigenvalue weighted by Gasteiger charge is -2.09. The van der Waals surface area contributed by atoms with E-state index in [9.17, 15) is 0 Å². The van der Waals surface area contributed by atoms with E-state index in [1.54, 1.807) is 14.2 Å². The van der Waals surface area contributed by atoms with Gasteiger partial charge in [0.2, 0.25) is 0 Å². The fourth-order valence-electron chi connectivity index (χ4n) is 2.40. The third kappa shape index (κ3) is 2.21. The molecule has 2 nitrogen and oxygen atoms in total. The molecule has 0 aliphatic rings. The maximum absolute atomic E-state index is 5.33. The van der Waals surface area contributed by atoms with Gasteiger partial charge in [-0.2, -0.15) is 0 Å². The van der Waals surface area contributed by atoms with Gasteiger partial charge in [0, 0.05) is 0 Å². The fourth-order valence-corrected chi connectivity index (χ4v) is 2.40. The van der Waals surface area contributed by atoms with Crippen molar-refractivity contribution >= 4 is 10.8 Å². The lowest BCUT2D eigenvalue weighted by atomic mass is 9.98. The number of methoxy groups -OCH3 is 2. The molecule has 100 valence electrons. The zero-order valence-corrected chi connectivity index (χ0v) is 11.6. The molecule has 0 aromatic heterocycles. The molecule has 0 saturated carbocycles. The smallest absolute Gasteiger partial charge is 0.119 e. The molecule has 3 rings (SSSR count). The number of hydrogen-bond acceptors (Lipinski definition) is 2. The van der Waals surface area contributed by atoms with Crippen molar-refractivity contribution in [1.29, 1.82) is 0 Å². The van der Waals surface area contributed by atoms with Crippen LogP contribution in [0, 0.1) is 0 Å². The van der Waals surface area contributed by atoms with Gasteiger partial charge in [-0.3, -0.25) is 0 Å². The number of benzene rings is 3. The van der Waals surface area contributed by atoms with E-state index in [-0.39, 0.29) is 0 Å². The Morgan fingerprint density at radius 2 is 1.40 bits per heavy atom. The van der Waals surface area contributed by atoms with Crippen LogP contribution in [-0.4, -0.2) is 14.2 Å². The minimum atomic E-state index is 0.867. The molecule has 3 aromatic carbocycles. The van der Waals surface area contributed by atoms with Crippen molar-refractivity contribution in [2.75, 3.05) is 14.2 Å². The number of rotatable bonds is 3. The largest absolute Gasteiger partial charge is 0.497 e. The first-order valence-electron chi connectivity index (χ1n) is 6.53. The minimum absolute atomic E-state index is 0.867. The van der Waals surface area contributed by atoms with Gasteiger partial charge < -0.3 is 9.47 Å². The van der Waals surface area contributed by atoms with E-state index in [0.717, 1.165) is 11.5 Å². The summed E-state index contributed by atoms with van der Waals surface area (Å²) in [5.41, 5.74) is 2.37. The summed E-state index contributed by atoms with van der Waals surface area (Å²) >= 11 is 0. The van der Waals surface area contributed by atoms with Gasteiger partial charge >= 0.3 is 0 Å². The molecule has 0 atom stereocenters. The molecule has 0 bridgehead atoms. The van der Waals surface area contributed by atoms with Crippen molar-refractivity contribution < 1.29 is 9.47 Å². The predicted octanol–water partition coefficient (Wildman–Crippen LogP) is 4.52. The zero-order valence-electron chi connectivity index (χ0n) is 11.6. The van der Waals surface area contributed by atoms with E-state index in [1.165, 1.54) is 21.9 Å². The van der Waals surface area contributed by atoms with E-state index in [1.807, 2.05) is 18.2 Å². The Balaban J connectivity index is 2.18. The van der Waals surface area contributed by atoms with Crippen molar-refractivity contribution in [2.24, 2.45) is 0 Å². The van der Waals surface area contributed by atoms with Crippen molar-refractivity contribution in [3.8, 4) is 22.6 Å². The topological polar surface area (TPSA) is 18.5 Å². The van der Waals surface area contributed by atoms with Crippen molar-refractivity contribution in [3.05, 3.63) is 60.7 Å². The molecule has 0 radical (unpaired) electrons. The van der Waals surface area contributed by atoms with Gasteiger partial charge in [0.25, 0.3) is 0 Å². The molecule has 0 heterocycles. The molecule has 0 aliphatic heterocycles. The summed E-state index contributed by atoms with van der Waals surface area (Å²) in [6.07, 6.45) is 0. The van der Waals surface area contributed by atoms with Crippen LogP contribution >= 0.6 is 0 Å². The maximum Gasteiger partial charge on any atom is 0.119 e. The second-order valence-electron chi connectivity index (χ2n) is 4.62. The van der Waals surface area contributed by atoms with Gasteiger partial charge in [-0.25, -0.2) is 0 Å². The molecule has 0 fully saturated rings. The van der Waals surface area contributed by atoms with Crippen LogP contribution in [0.25, 0.3) is 21.9 Å². The Morgan fingerprint density at radius 3 is 2.10 bits per heavy atom. The van der Waals surface area contributed by atoms with Gasteiger partial charge in [-0.1, -0.05) is 36.4 Å². The molecule has 0 aliphatic carbocycles. The fraction of sp³-hybridized carbons (Fsp3) is 0.111. The van der Waals surface area contributed by atoms with Crippen LogP contribution in [0.3, 0.4) is 0 Å². The lowest BCUT2D eigenvalue weighted by molar-refractivity contribution is 0.415. The first-order chi connectivity index (χ1) is 9.81. The standard InChI is InChI=1S/C18H16O2/c1-19-15-9-6-14(7-10-15)17-5-3-4-13-8-11-16(20-2)12-18(13)17/h3-12H,1-2H3. The average Bonchev–Trinajstić information content (AvgIpc) is 2.54. The molecule has 0 saturated heterocycles. The Labute approximate surface area is 118 Å². The summed E-state index contributed by atoms with van der Waals surface area (Å²) in [7, 11) is 3.37. The first kappa shape index (κ1) is 12.5. The van der Waals surface area contributed by atoms with Crippen LogP contribution in [0.4, 0.5) is 0 Å². The third-order valence-corrected chi connectivity index (χ3v) is 3.49. The highest BCUT2D eigenvalue weighted by molar-refractivity contribution is 5.97. The Morgan fingerprint density at radius 1 is 0.700 bits per heavy atom. The molecule has 20 heavy (non-hydrogen) atoms. The average molecular weight is 264 g/mol. The number of ether oxygens (including phenoxy) is 2. The number of hydrogen-bond donors (Lipinski definition) is 0. The molecular weight excluding hydrogens is 248 g/mol. The minimum Gasteiger partial charge on any atom is -0.497 e. The summed E-state index contributed by atoms with van der Waals surface area (Å²) in [6, 6.07) is 20.6. The molecule has 0 N–H and O–H groups in total. The van der Waals surface area contributed by atoms with Crippen LogP contribution in [0.5, 0.6) is 11.5 Å². The normalized spacial score (nSPS) is 10.5. The highest BCUT2D eigenvalue weighted by atomic mass is 16.5. The van der Waals surface area contributed by atoms with Crippen LogP contribution in [0.1, 0.15) is 0 Å². The van der Waals surface area contributed by atoms with Crippen molar-refractivity contribution in [2.45, 2.75) is 0 Å². The van der Waals surface area contributed by atoms with Gasteiger partial charge in [-0.15, -0.1) is 0 Å². The monoisotopic (exact) mass is 264 g/mol. The van der Waals surface area contributed by atoms with Gasteiger partial charge in [0.15, 0.2) is 0 Å². The SMILES string of the molecule is COc1ccc(-c2cccc3ccc(OC)cc23)cc1. The zero-order chi connectivity index (χ0) is 13.9. The summed E-state index contributed by atoms with van der Waals surface area (Å²) in [4.78, 5) is 0. The van der Waals surface area contributed by atoms with Crippen molar-refractivity contribution in [1.82, 2.24) is 0 Å². The third-order valence-electron chi connectivity index (χ3n) is 3.49. The Kier molecular flexibility index (Phi) is 3.30. The van der Waals surface area contributed by atoms with Crippen LogP contribution in [0.15, 0.2) is 60.7 Å². The van der Waals surface area contributed by atoms with E-state index in [4.69, 9.17) is 9.47 Å². The Bertz CT molecular complexity index is 730. The molecule has 2 heteroatoms. The number of fused-ring (bicyclic) bond motifs is 1. The second-order valence-corrected chi connectivity index (χ2v) is 4.62. The van der Waals surface area contributed by atoms with Gasteiger partial charge in [-0.05, 0) is 46.2 Å². The van der Waals surface area contributed by atoms with Crippen LogP contribution in [0.2, 0.25) is 0 Å². The molecule has 0 amide bonds. The van der Waals surface area contributed by atoms with E-state index in [2.05, 4.69) is 42.5 Å². The Hall–Kier alpha value is -2.48. The van der Waals surface area contributed by atoms with E-state index in [0.29, 0.717) is 0 Å². The first-order valence-corrected chi connectivity index (χ1v) is 6.53. The molecule has 0 spiro atoms. The predicted molar refractivity (Wildman–Crippen MR) is 82.5 cm³/mol. The van der Waals surface area contributed by atoms with Gasteiger partial charge in [0.05, 0.1) is 14.2 Å². The summed E-state index contributed by atoms with van der Waals surface area (Å²) in [5.74, 6) is 1.74.